The van der Waals surface area contributed by atoms with Crippen LogP contribution in [0.25, 0.3) is 0 Å². The molecule has 7 heteroatoms. The largest absolute Gasteiger partial charge is 0.335 e. The Bertz CT molecular complexity index is 486. The van der Waals surface area contributed by atoms with Gasteiger partial charge in [-0.3, -0.25) is 0 Å². The molecule has 0 aliphatic rings. The molecule has 2 aromatic rings. The van der Waals surface area contributed by atoms with Crippen molar-refractivity contribution in [2.24, 2.45) is 0 Å². The lowest BCUT2D eigenvalue weighted by atomic mass is 10.3. The van der Waals surface area contributed by atoms with Crippen LogP contribution >= 0.6 is 46.5 Å². The van der Waals surface area contributed by atoms with E-state index in [1.165, 1.54) is 0 Å². The van der Waals surface area contributed by atoms with Gasteiger partial charge in [-0.25, -0.2) is 0 Å². The minimum Gasteiger partial charge on any atom is -0.335 e. The predicted octanol–water partition coefficient (Wildman–Crippen LogP) is 4.24. The van der Waals surface area contributed by atoms with Crippen LogP contribution in [0.5, 0.6) is 0 Å². The molecule has 0 radical (unpaired) electrons. The number of hydrogen-bond acceptors (Lipinski definition) is 4. The summed E-state index contributed by atoms with van der Waals surface area (Å²) in [4.78, 5) is 0. The first-order valence-electron chi connectivity index (χ1n) is 3.87. The predicted molar refractivity (Wildman–Crippen MR) is 64.7 cm³/mol. The molecule has 0 fully saturated rings. The monoisotopic (exact) mass is 279 g/mol. The lowest BCUT2D eigenvalue weighted by Crippen LogP contribution is -1.91. The molecule has 1 aromatic carbocycles. The Labute approximate surface area is 105 Å². The van der Waals surface area contributed by atoms with Crippen molar-refractivity contribution in [2.75, 3.05) is 5.32 Å². The summed E-state index contributed by atoms with van der Waals surface area (Å²) < 4.78 is 7.79. The summed E-state index contributed by atoms with van der Waals surface area (Å²) in [6.07, 6.45) is 0. The molecule has 1 N–H and O–H groups in total. The second-order valence-corrected chi connectivity index (χ2v) is 4.38. The highest BCUT2D eigenvalue weighted by Crippen LogP contribution is 2.30. The number of anilines is 2. The first-order chi connectivity index (χ1) is 7.16. The van der Waals surface area contributed by atoms with Gasteiger partial charge >= 0.3 is 0 Å². The molecule has 0 saturated carbocycles. The number of rotatable bonds is 2. The smallest absolute Gasteiger partial charge is 0.187 e. The Balaban J connectivity index is 2.32. The second-order valence-electron chi connectivity index (χ2n) is 2.65. The summed E-state index contributed by atoms with van der Waals surface area (Å²) >= 11 is 18.6. The maximum atomic E-state index is 5.96. The van der Waals surface area contributed by atoms with Gasteiger partial charge in [0.25, 0.3) is 0 Å². The fourth-order valence-electron chi connectivity index (χ4n) is 0.973. The molecular formula is C8H4Cl3N3S. The van der Waals surface area contributed by atoms with Gasteiger partial charge in [0.2, 0.25) is 0 Å². The minimum atomic E-state index is 0.316. The molecule has 78 valence electrons. The van der Waals surface area contributed by atoms with E-state index in [9.17, 15) is 0 Å². The van der Waals surface area contributed by atoms with Gasteiger partial charge in [-0.15, -0.1) is 0 Å². The number of benzene rings is 1. The molecule has 3 nitrogen and oxygen atoms in total. The lowest BCUT2D eigenvalue weighted by Gasteiger charge is -2.05. The summed E-state index contributed by atoms with van der Waals surface area (Å²) in [5.74, 6) is 0.478. The maximum absolute atomic E-state index is 5.96. The third kappa shape index (κ3) is 2.52. The van der Waals surface area contributed by atoms with E-state index in [-0.39, 0.29) is 0 Å². The summed E-state index contributed by atoms with van der Waals surface area (Å²) in [6.45, 7) is 0. The van der Waals surface area contributed by atoms with E-state index >= 15 is 0 Å². The molecule has 1 heterocycles. The Morgan fingerprint density at radius 1 is 1.13 bits per heavy atom. The third-order valence-electron chi connectivity index (χ3n) is 1.63. The molecule has 0 atom stereocenters. The van der Waals surface area contributed by atoms with E-state index in [0.717, 1.165) is 11.7 Å². The quantitative estimate of drug-likeness (QED) is 0.894. The molecule has 0 saturated heterocycles. The fraction of sp³-hybridized carbons (Fsp3) is 0. The zero-order chi connectivity index (χ0) is 10.8. The molecule has 1 aromatic heterocycles. The van der Waals surface area contributed by atoms with Gasteiger partial charge in [0, 0.05) is 5.02 Å². The van der Waals surface area contributed by atoms with Crippen LogP contribution < -0.4 is 5.32 Å². The van der Waals surface area contributed by atoms with Crippen molar-refractivity contribution in [3.8, 4) is 0 Å². The molecule has 0 amide bonds. The van der Waals surface area contributed by atoms with Gasteiger partial charge in [0.05, 0.1) is 22.4 Å². The third-order valence-corrected chi connectivity index (χ3v) is 3.09. The molecule has 0 spiro atoms. The van der Waals surface area contributed by atoms with E-state index in [1.54, 1.807) is 18.2 Å². The highest BCUT2D eigenvalue weighted by atomic mass is 35.5. The zero-order valence-electron chi connectivity index (χ0n) is 7.17. The second kappa shape index (κ2) is 4.53. The van der Waals surface area contributed by atoms with Crippen molar-refractivity contribution >= 4 is 58.0 Å². The van der Waals surface area contributed by atoms with Gasteiger partial charge in [-0.2, -0.15) is 8.75 Å². The van der Waals surface area contributed by atoms with Gasteiger partial charge in [-0.1, -0.05) is 34.8 Å². The van der Waals surface area contributed by atoms with Crippen LogP contribution in [0.3, 0.4) is 0 Å². The Morgan fingerprint density at radius 2 is 1.93 bits per heavy atom. The van der Waals surface area contributed by atoms with E-state index < -0.39 is 0 Å². The number of nitrogens with one attached hydrogen (secondary N) is 1. The van der Waals surface area contributed by atoms with Crippen LogP contribution in [-0.4, -0.2) is 8.75 Å². The number of halogens is 3. The standard InChI is InChI=1S/C8H4Cl3N3S/c9-4-1-2-5(10)6(3-4)12-8-7(11)13-15-14-8/h1-3H,(H,12,14). The van der Waals surface area contributed by atoms with Gasteiger partial charge in [0.1, 0.15) is 0 Å². The van der Waals surface area contributed by atoms with Crippen molar-refractivity contribution in [1.29, 1.82) is 0 Å². The maximum Gasteiger partial charge on any atom is 0.187 e. The average molecular weight is 281 g/mol. The first-order valence-corrected chi connectivity index (χ1v) is 5.73. The van der Waals surface area contributed by atoms with Crippen LogP contribution in [0.15, 0.2) is 18.2 Å². The number of hydrogen-bond donors (Lipinski definition) is 1. The Morgan fingerprint density at radius 3 is 2.60 bits per heavy atom. The molecule has 0 aliphatic heterocycles. The van der Waals surface area contributed by atoms with Crippen molar-refractivity contribution in [3.05, 3.63) is 33.4 Å². The van der Waals surface area contributed by atoms with Crippen LogP contribution in [-0.2, 0) is 0 Å². The molecule has 15 heavy (non-hydrogen) atoms. The summed E-state index contributed by atoms with van der Waals surface area (Å²) in [5, 5.41) is 4.39. The molecule has 2 rings (SSSR count). The minimum absolute atomic E-state index is 0.316. The van der Waals surface area contributed by atoms with Crippen LogP contribution in [0.4, 0.5) is 11.5 Å². The average Bonchev–Trinajstić information content (AvgIpc) is 2.58. The summed E-state index contributed by atoms with van der Waals surface area (Å²) in [7, 11) is 0. The van der Waals surface area contributed by atoms with Crippen molar-refractivity contribution in [2.45, 2.75) is 0 Å². The highest BCUT2D eigenvalue weighted by Gasteiger charge is 2.07. The lowest BCUT2D eigenvalue weighted by molar-refractivity contribution is 1.45. The van der Waals surface area contributed by atoms with Gasteiger partial charge in [-0.05, 0) is 18.2 Å². The van der Waals surface area contributed by atoms with Crippen molar-refractivity contribution in [1.82, 2.24) is 8.75 Å². The van der Waals surface area contributed by atoms with Crippen molar-refractivity contribution < 1.29 is 0 Å². The topological polar surface area (TPSA) is 37.8 Å². The summed E-state index contributed by atoms with van der Waals surface area (Å²) in [5.41, 5.74) is 0.652. The van der Waals surface area contributed by atoms with Gasteiger partial charge < -0.3 is 5.32 Å². The van der Waals surface area contributed by atoms with E-state index in [0.29, 0.717) is 26.7 Å². The van der Waals surface area contributed by atoms with Crippen LogP contribution in [0, 0.1) is 0 Å². The van der Waals surface area contributed by atoms with Crippen LogP contribution in [0.2, 0.25) is 15.2 Å². The number of aromatic nitrogens is 2. The SMILES string of the molecule is Clc1ccc(Cl)c(Nc2nsnc2Cl)c1. The molecule has 0 aliphatic carbocycles. The van der Waals surface area contributed by atoms with E-state index in [1.807, 2.05) is 0 Å². The highest BCUT2D eigenvalue weighted by molar-refractivity contribution is 6.99. The molecular weight excluding hydrogens is 277 g/mol. The molecule has 0 unspecified atom stereocenters. The first kappa shape index (κ1) is 11.0. The fourth-order valence-corrected chi connectivity index (χ4v) is 1.96. The van der Waals surface area contributed by atoms with Crippen LogP contribution in [0.1, 0.15) is 0 Å². The number of nitrogens with zero attached hydrogens (tertiary/aromatic N) is 2. The Hall–Kier alpha value is -0.550. The van der Waals surface area contributed by atoms with E-state index in [2.05, 4.69) is 14.1 Å². The molecule has 0 bridgehead atoms. The van der Waals surface area contributed by atoms with Crippen molar-refractivity contribution in [3.63, 3.8) is 0 Å². The van der Waals surface area contributed by atoms with Gasteiger partial charge in [0.15, 0.2) is 11.0 Å². The normalized spacial score (nSPS) is 10.3. The Kier molecular flexibility index (Phi) is 3.31. The summed E-state index contributed by atoms with van der Waals surface area (Å²) in [6, 6.07) is 5.09. The van der Waals surface area contributed by atoms with E-state index in [4.69, 9.17) is 34.8 Å². The zero-order valence-corrected chi connectivity index (χ0v) is 10.3.